The second-order valence-corrected chi connectivity index (χ2v) is 8.02. The van der Waals surface area contributed by atoms with Gasteiger partial charge in [0.25, 0.3) is 0 Å². The summed E-state index contributed by atoms with van der Waals surface area (Å²) in [6.45, 7) is 0. The minimum Gasteiger partial charge on any atom is -0.321 e. The van der Waals surface area contributed by atoms with Gasteiger partial charge in [0.2, 0.25) is 0 Å². The third kappa shape index (κ3) is 2.88. The summed E-state index contributed by atoms with van der Waals surface area (Å²) in [5.74, 6) is 3.30. The second-order valence-electron chi connectivity index (χ2n) is 6.01. The lowest BCUT2D eigenvalue weighted by Crippen LogP contribution is -2.38. The Morgan fingerprint density at radius 2 is 2.00 bits per heavy atom. The Kier molecular flexibility index (Phi) is 4.25. The normalized spacial score (nSPS) is 26.5. The van der Waals surface area contributed by atoms with E-state index in [1.54, 1.807) is 0 Å². The Balaban J connectivity index is 1.86. The molecule has 2 fully saturated rings. The van der Waals surface area contributed by atoms with Crippen molar-refractivity contribution in [3.8, 4) is 0 Å². The smallest absolute Gasteiger partial charge is 0.0410 e. The van der Waals surface area contributed by atoms with E-state index >= 15 is 0 Å². The van der Waals surface area contributed by atoms with E-state index in [1.165, 1.54) is 52.8 Å². The molecule has 1 saturated carbocycles. The van der Waals surface area contributed by atoms with Crippen molar-refractivity contribution in [3.05, 3.63) is 33.8 Å². The first-order valence-corrected chi connectivity index (χ1v) is 9.30. The summed E-state index contributed by atoms with van der Waals surface area (Å²) in [6.07, 6.45) is 7.48. The summed E-state index contributed by atoms with van der Waals surface area (Å²) in [7, 11) is 0. The molecule has 1 nitrogen and oxygen atoms in total. The molecule has 3 heteroatoms. The van der Waals surface area contributed by atoms with E-state index < -0.39 is 0 Å². The maximum absolute atomic E-state index is 6.63. The topological polar surface area (TPSA) is 26.0 Å². The summed E-state index contributed by atoms with van der Waals surface area (Å²) in [4.78, 5) is 0. The zero-order valence-corrected chi connectivity index (χ0v) is 13.7. The summed E-state index contributed by atoms with van der Waals surface area (Å²) < 4.78 is 1.27. The highest BCUT2D eigenvalue weighted by molar-refractivity contribution is 9.10. The number of nitrogens with two attached hydrogens (primary N) is 1. The minimum atomic E-state index is -0.0796. The highest BCUT2D eigenvalue weighted by atomic mass is 79.9. The van der Waals surface area contributed by atoms with Crippen LogP contribution in [0.4, 0.5) is 0 Å². The fourth-order valence-corrected chi connectivity index (χ4v) is 5.37. The zero-order valence-electron chi connectivity index (χ0n) is 11.3. The third-order valence-corrected chi connectivity index (χ3v) is 6.54. The van der Waals surface area contributed by atoms with Gasteiger partial charge in [0, 0.05) is 15.8 Å². The maximum Gasteiger partial charge on any atom is 0.0410 e. The Morgan fingerprint density at radius 1 is 1.21 bits per heavy atom. The molecule has 1 aromatic rings. The Hall–Kier alpha value is 0.01000. The lowest BCUT2D eigenvalue weighted by atomic mass is 9.77. The van der Waals surface area contributed by atoms with E-state index in [0.29, 0.717) is 0 Å². The number of thioether (sulfide) groups is 1. The van der Waals surface area contributed by atoms with Crippen LogP contribution >= 0.6 is 27.7 Å². The van der Waals surface area contributed by atoms with E-state index in [2.05, 4.69) is 45.9 Å². The summed E-state index contributed by atoms with van der Waals surface area (Å²) in [5.41, 5.74) is 9.36. The Bertz CT molecular complexity index is 448. The highest BCUT2D eigenvalue weighted by Crippen LogP contribution is 2.40. The number of hydrogen-bond donors (Lipinski definition) is 1. The Morgan fingerprint density at radius 3 is 2.63 bits per heavy atom. The summed E-state index contributed by atoms with van der Waals surface area (Å²) in [6, 6.07) is 6.90. The molecule has 1 aromatic carbocycles. The first-order chi connectivity index (χ1) is 9.19. The molecule has 2 aliphatic rings. The Labute approximate surface area is 128 Å². The van der Waals surface area contributed by atoms with E-state index in [0.717, 1.165) is 18.8 Å². The fourth-order valence-electron chi connectivity index (χ4n) is 3.42. The van der Waals surface area contributed by atoms with Gasteiger partial charge in [0.05, 0.1) is 0 Å². The third-order valence-electron chi connectivity index (χ3n) is 4.69. The van der Waals surface area contributed by atoms with Crippen LogP contribution in [0.15, 0.2) is 22.7 Å². The van der Waals surface area contributed by atoms with Crippen LogP contribution in [0.5, 0.6) is 0 Å². The van der Waals surface area contributed by atoms with Crippen molar-refractivity contribution in [2.45, 2.75) is 50.0 Å². The predicted octanol–water partition coefficient (Wildman–Crippen LogP) is 4.79. The predicted molar refractivity (Wildman–Crippen MR) is 87.8 cm³/mol. The average molecular weight is 340 g/mol. The van der Waals surface area contributed by atoms with Crippen LogP contribution in [0.3, 0.4) is 0 Å². The molecule has 19 heavy (non-hydrogen) atoms. The molecule has 3 rings (SSSR count). The molecule has 1 aliphatic heterocycles. The van der Waals surface area contributed by atoms with Crippen LogP contribution in [-0.4, -0.2) is 11.5 Å². The van der Waals surface area contributed by atoms with Crippen molar-refractivity contribution in [1.29, 1.82) is 0 Å². The molecular formula is C16H22BrNS. The molecule has 0 radical (unpaired) electrons. The first kappa shape index (κ1) is 14.0. The van der Waals surface area contributed by atoms with Gasteiger partial charge in [-0.15, -0.1) is 0 Å². The van der Waals surface area contributed by atoms with Crippen LogP contribution in [-0.2, 0) is 5.54 Å². The molecular weight excluding hydrogens is 318 g/mol. The van der Waals surface area contributed by atoms with E-state index in [4.69, 9.17) is 5.73 Å². The van der Waals surface area contributed by atoms with Gasteiger partial charge in [-0.05, 0) is 48.1 Å². The largest absolute Gasteiger partial charge is 0.321 e. The zero-order chi connectivity index (χ0) is 13.3. The fraction of sp³-hybridized carbons (Fsp3) is 0.625. The van der Waals surface area contributed by atoms with Gasteiger partial charge in [0.1, 0.15) is 0 Å². The number of halogens is 1. The lowest BCUT2D eigenvalue weighted by Gasteiger charge is -2.34. The molecule has 0 aromatic heterocycles. The molecule has 1 atom stereocenters. The SMILES string of the molecule is NC1(c2ccc(C3CCSC3)c(Br)c2)CCCCC1. The minimum absolute atomic E-state index is 0.0796. The molecule has 0 spiro atoms. The maximum atomic E-state index is 6.63. The van der Waals surface area contributed by atoms with Gasteiger partial charge in [0.15, 0.2) is 0 Å². The molecule has 2 N–H and O–H groups in total. The van der Waals surface area contributed by atoms with Crippen molar-refractivity contribution in [3.63, 3.8) is 0 Å². The summed E-state index contributed by atoms with van der Waals surface area (Å²) in [5, 5.41) is 0. The molecule has 1 saturated heterocycles. The van der Waals surface area contributed by atoms with Crippen LogP contribution in [0.1, 0.15) is 55.6 Å². The first-order valence-electron chi connectivity index (χ1n) is 7.36. The average Bonchev–Trinajstić information content (AvgIpc) is 2.93. The van der Waals surface area contributed by atoms with Crippen LogP contribution in [0.2, 0.25) is 0 Å². The molecule has 1 heterocycles. The van der Waals surface area contributed by atoms with Crippen LogP contribution < -0.4 is 5.73 Å². The summed E-state index contributed by atoms with van der Waals surface area (Å²) >= 11 is 5.85. The second kappa shape index (κ2) is 5.79. The van der Waals surface area contributed by atoms with E-state index in [1.807, 2.05) is 0 Å². The molecule has 1 aliphatic carbocycles. The van der Waals surface area contributed by atoms with Crippen molar-refractivity contribution in [2.75, 3.05) is 11.5 Å². The van der Waals surface area contributed by atoms with Gasteiger partial charge < -0.3 is 5.73 Å². The van der Waals surface area contributed by atoms with Gasteiger partial charge in [-0.3, -0.25) is 0 Å². The standard InChI is InChI=1S/C16H22BrNS/c17-15-10-13(16(18)7-2-1-3-8-16)4-5-14(15)12-6-9-19-11-12/h4-5,10,12H,1-3,6-9,11,18H2. The van der Waals surface area contributed by atoms with Crippen LogP contribution in [0, 0.1) is 0 Å². The van der Waals surface area contributed by atoms with Crippen molar-refractivity contribution in [2.24, 2.45) is 5.73 Å². The van der Waals surface area contributed by atoms with E-state index in [9.17, 15) is 0 Å². The van der Waals surface area contributed by atoms with Gasteiger partial charge >= 0.3 is 0 Å². The number of hydrogen-bond acceptors (Lipinski definition) is 2. The molecule has 0 bridgehead atoms. The van der Waals surface area contributed by atoms with Crippen LogP contribution in [0.25, 0.3) is 0 Å². The van der Waals surface area contributed by atoms with Gasteiger partial charge in [-0.25, -0.2) is 0 Å². The molecule has 1 unspecified atom stereocenters. The van der Waals surface area contributed by atoms with Crippen molar-refractivity contribution in [1.82, 2.24) is 0 Å². The highest BCUT2D eigenvalue weighted by Gasteiger charge is 2.30. The lowest BCUT2D eigenvalue weighted by molar-refractivity contribution is 0.302. The van der Waals surface area contributed by atoms with Crippen molar-refractivity contribution < 1.29 is 0 Å². The van der Waals surface area contributed by atoms with E-state index in [-0.39, 0.29) is 5.54 Å². The quantitative estimate of drug-likeness (QED) is 0.838. The monoisotopic (exact) mass is 339 g/mol. The molecule has 0 amide bonds. The van der Waals surface area contributed by atoms with Gasteiger partial charge in [-0.2, -0.15) is 11.8 Å². The molecule has 104 valence electrons. The number of rotatable bonds is 2. The van der Waals surface area contributed by atoms with Crippen molar-refractivity contribution >= 4 is 27.7 Å². The van der Waals surface area contributed by atoms with Gasteiger partial charge in [-0.1, -0.05) is 47.3 Å². The number of benzene rings is 1.